The highest BCUT2D eigenvalue weighted by atomic mass is 19.2. The van der Waals surface area contributed by atoms with Crippen molar-refractivity contribution in [1.82, 2.24) is 5.32 Å². The van der Waals surface area contributed by atoms with Gasteiger partial charge in [0, 0.05) is 11.3 Å². The van der Waals surface area contributed by atoms with Gasteiger partial charge in [0.1, 0.15) is 0 Å². The summed E-state index contributed by atoms with van der Waals surface area (Å²) in [6.45, 7) is 0.000524. The minimum absolute atomic E-state index is 0.000524. The topological polar surface area (TPSA) is 69.6 Å². The van der Waals surface area contributed by atoms with E-state index < -0.39 is 18.0 Å². The first-order valence-corrected chi connectivity index (χ1v) is 5.83. The average Bonchev–Trinajstić information content (AvgIpc) is 2.40. The maximum Gasteiger partial charge on any atom is 0.270 e. The third kappa shape index (κ3) is 3.20. The number of aliphatic hydroxyl groups excluding tert-OH is 1. The monoisotopic (exact) mass is 263 g/mol. The number of allylic oxidation sites excluding steroid dienone is 2. The van der Waals surface area contributed by atoms with Crippen molar-refractivity contribution in [2.24, 2.45) is 0 Å². The molecule has 0 spiro atoms. The summed E-state index contributed by atoms with van der Waals surface area (Å²) in [5.41, 5.74) is 0.910. The second-order valence-electron chi connectivity index (χ2n) is 4.32. The SMILES string of the molecule is O=C(CNC1=CC=C(O)C(O)(F)C1)c1ccccc1. The third-order valence-electron chi connectivity index (χ3n) is 2.83. The zero-order valence-electron chi connectivity index (χ0n) is 10.1. The number of aliphatic hydroxyl groups is 2. The van der Waals surface area contributed by atoms with E-state index >= 15 is 0 Å². The molecule has 0 heterocycles. The Labute approximate surface area is 109 Å². The van der Waals surface area contributed by atoms with Crippen LogP contribution in [0.1, 0.15) is 16.8 Å². The van der Waals surface area contributed by atoms with Gasteiger partial charge >= 0.3 is 0 Å². The molecule has 0 saturated carbocycles. The largest absolute Gasteiger partial charge is 0.506 e. The van der Waals surface area contributed by atoms with Crippen molar-refractivity contribution >= 4 is 5.78 Å². The van der Waals surface area contributed by atoms with Gasteiger partial charge in [-0.2, -0.15) is 0 Å². The van der Waals surface area contributed by atoms with Crippen LogP contribution in [0, 0.1) is 0 Å². The predicted molar refractivity (Wildman–Crippen MR) is 68.2 cm³/mol. The van der Waals surface area contributed by atoms with Gasteiger partial charge in [0.2, 0.25) is 0 Å². The first kappa shape index (κ1) is 13.3. The Morgan fingerprint density at radius 1 is 1.32 bits per heavy atom. The van der Waals surface area contributed by atoms with Crippen LogP contribution in [0.2, 0.25) is 0 Å². The van der Waals surface area contributed by atoms with Crippen molar-refractivity contribution in [3.63, 3.8) is 0 Å². The van der Waals surface area contributed by atoms with E-state index in [1.807, 2.05) is 6.07 Å². The molecule has 0 aromatic heterocycles. The van der Waals surface area contributed by atoms with Crippen LogP contribution in [-0.4, -0.2) is 28.4 Å². The molecular formula is C14H14FNO3. The zero-order valence-corrected chi connectivity index (χ0v) is 10.1. The van der Waals surface area contributed by atoms with Crippen molar-refractivity contribution in [1.29, 1.82) is 0 Å². The van der Waals surface area contributed by atoms with Gasteiger partial charge in [0.15, 0.2) is 11.5 Å². The summed E-state index contributed by atoms with van der Waals surface area (Å²) in [4.78, 5) is 11.8. The zero-order chi connectivity index (χ0) is 13.9. The Kier molecular flexibility index (Phi) is 3.66. The quantitative estimate of drug-likeness (QED) is 0.725. The molecule has 0 amide bonds. The van der Waals surface area contributed by atoms with Gasteiger partial charge in [0.05, 0.1) is 13.0 Å². The molecular weight excluding hydrogens is 249 g/mol. The fraction of sp³-hybridized carbons (Fsp3) is 0.214. The van der Waals surface area contributed by atoms with Crippen molar-refractivity contribution < 1.29 is 19.4 Å². The molecule has 0 radical (unpaired) electrons. The molecule has 19 heavy (non-hydrogen) atoms. The number of Topliss-reactive ketones (excluding diaryl/α,β-unsaturated/α-hetero) is 1. The number of hydrogen-bond acceptors (Lipinski definition) is 4. The molecule has 100 valence electrons. The van der Waals surface area contributed by atoms with E-state index in [1.54, 1.807) is 24.3 Å². The highest BCUT2D eigenvalue weighted by Crippen LogP contribution is 2.27. The van der Waals surface area contributed by atoms with Gasteiger partial charge < -0.3 is 15.5 Å². The van der Waals surface area contributed by atoms with Gasteiger partial charge in [-0.15, -0.1) is 0 Å². The van der Waals surface area contributed by atoms with Crippen LogP contribution < -0.4 is 5.32 Å². The van der Waals surface area contributed by atoms with Crippen molar-refractivity contribution in [3.05, 3.63) is 59.5 Å². The first-order valence-electron chi connectivity index (χ1n) is 5.83. The lowest BCUT2D eigenvalue weighted by Gasteiger charge is -2.23. The number of carbonyl (C=O) groups excluding carboxylic acids is 1. The molecule has 4 nitrogen and oxygen atoms in total. The Hall–Kier alpha value is -2.14. The van der Waals surface area contributed by atoms with Crippen molar-refractivity contribution in [2.45, 2.75) is 12.3 Å². The third-order valence-corrected chi connectivity index (χ3v) is 2.83. The number of ketones is 1. The van der Waals surface area contributed by atoms with Crippen LogP contribution in [0.15, 0.2) is 53.9 Å². The smallest absolute Gasteiger partial charge is 0.270 e. The van der Waals surface area contributed by atoms with E-state index in [4.69, 9.17) is 5.11 Å². The summed E-state index contributed by atoms with van der Waals surface area (Å²) in [6.07, 6.45) is 2.10. The van der Waals surface area contributed by atoms with E-state index in [9.17, 15) is 14.3 Å². The highest BCUT2D eigenvalue weighted by molar-refractivity contribution is 5.97. The van der Waals surface area contributed by atoms with Crippen LogP contribution in [0.25, 0.3) is 0 Å². The van der Waals surface area contributed by atoms with E-state index in [2.05, 4.69) is 5.32 Å². The molecule has 1 aromatic rings. The molecule has 5 heteroatoms. The van der Waals surface area contributed by atoms with Crippen LogP contribution in [0.4, 0.5) is 4.39 Å². The van der Waals surface area contributed by atoms with Gasteiger partial charge in [-0.3, -0.25) is 4.79 Å². The van der Waals surface area contributed by atoms with Crippen LogP contribution in [0.3, 0.4) is 0 Å². The molecule has 1 unspecified atom stereocenters. The number of carbonyl (C=O) groups is 1. The highest BCUT2D eigenvalue weighted by Gasteiger charge is 2.34. The number of hydrogen-bond donors (Lipinski definition) is 3. The second kappa shape index (κ2) is 5.24. The Bertz CT molecular complexity index is 535. The van der Waals surface area contributed by atoms with Crippen LogP contribution >= 0.6 is 0 Å². The van der Waals surface area contributed by atoms with Gasteiger partial charge in [0.25, 0.3) is 5.85 Å². The number of benzene rings is 1. The fourth-order valence-electron chi connectivity index (χ4n) is 1.75. The molecule has 0 fully saturated rings. The second-order valence-corrected chi connectivity index (χ2v) is 4.32. The normalized spacial score (nSPS) is 22.4. The Morgan fingerprint density at radius 2 is 2.00 bits per heavy atom. The lowest BCUT2D eigenvalue weighted by molar-refractivity contribution is -0.0838. The average molecular weight is 263 g/mol. The lowest BCUT2D eigenvalue weighted by Crippen LogP contribution is -2.33. The predicted octanol–water partition coefficient (Wildman–Crippen LogP) is 1.85. The van der Waals surface area contributed by atoms with Gasteiger partial charge in [-0.25, -0.2) is 4.39 Å². The molecule has 0 saturated heterocycles. The lowest BCUT2D eigenvalue weighted by atomic mass is 10.0. The Morgan fingerprint density at radius 3 is 2.63 bits per heavy atom. The van der Waals surface area contributed by atoms with E-state index in [1.165, 1.54) is 6.08 Å². The van der Waals surface area contributed by atoms with Crippen molar-refractivity contribution in [3.8, 4) is 0 Å². The van der Waals surface area contributed by atoms with Gasteiger partial charge in [-0.05, 0) is 12.2 Å². The summed E-state index contributed by atoms with van der Waals surface area (Å²) < 4.78 is 13.4. The summed E-state index contributed by atoms with van der Waals surface area (Å²) in [7, 11) is 0. The standard InChI is InChI=1S/C14H14FNO3/c15-14(19)8-11(6-7-13(14)18)16-9-12(17)10-4-2-1-3-5-10/h1-7,16,18-19H,8-9H2. The van der Waals surface area contributed by atoms with Crippen LogP contribution in [0.5, 0.6) is 0 Å². The number of alkyl halides is 1. The minimum atomic E-state index is -2.77. The number of halogens is 1. The van der Waals surface area contributed by atoms with E-state index in [0.717, 1.165) is 6.08 Å². The Balaban J connectivity index is 1.96. The maximum atomic E-state index is 13.4. The summed E-state index contributed by atoms with van der Waals surface area (Å²) >= 11 is 0. The van der Waals surface area contributed by atoms with E-state index in [-0.39, 0.29) is 12.3 Å². The molecule has 0 bridgehead atoms. The molecule has 2 rings (SSSR count). The van der Waals surface area contributed by atoms with E-state index in [0.29, 0.717) is 11.3 Å². The minimum Gasteiger partial charge on any atom is -0.506 e. The molecule has 1 aromatic carbocycles. The molecule has 1 atom stereocenters. The van der Waals surface area contributed by atoms with Crippen molar-refractivity contribution in [2.75, 3.05) is 6.54 Å². The summed E-state index contributed by atoms with van der Waals surface area (Å²) in [5, 5.41) is 21.1. The van der Waals surface area contributed by atoms with Gasteiger partial charge in [-0.1, -0.05) is 30.3 Å². The molecule has 3 N–H and O–H groups in total. The first-order chi connectivity index (χ1) is 8.99. The summed E-state index contributed by atoms with van der Waals surface area (Å²) in [6, 6.07) is 8.71. The molecule has 0 aliphatic heterocycles. The van der Waals surface area contributed by atoms with Crippen LogP contribution in [-0.2, 0) is 0 Å². The fourth-order valence-corrected chi connectivity index (χ4v) is 1.75. The maximum absolute atomic E-state index is 13.4. The number of nitrogens with one attached hydrogen (secondary N) is 1. The molecule has 1 aliphatic carbocycles. The molecule has 1 aliphatic rings. The summed E-state index contributed by atoms with van der Waals surface area (Å²) in [5.74, 6) is -3.64. The number of rotatable bonds is 4.